The Morgan fingerprint density at radius 3 is 1.90 bits per heavy atom. The van der Waals surface area contributed by atoms with Gasteiger partial charge in [0.25, 0.3) is 0 Å². The van der Waals surface area contributed by atoms with Crippen molar-refractivity contribution < 1.29 is 4.79 Å². The van der Waals surface area contributed by atoms with Crippen molar-refractivity contribution >= 4 is 21.7 Å². The number of Topliss-reactive ketones (excluding diaryl/α,β-unsaturated/α-hetero) is 1. The first kappa shape index (κ1) is 17.4. The summed E-state index contributed by atoms with van der Waals surface area (Å²) < 4.78 is 1.03. The van der Waals surface area contributed by atoms with E-state index in [1.807, 2.05) is 24.3 Å². The maximum Gasteiger partial charge on any atom is 0.162 e. The minimum absolute atomic E-state index is 0.278. The molecule has 0 saturated carbocycles. The number of unbranched alkanes of at least 4 members (excludes halogenated alkanes) is 8. The third kappa shape index (κ3) is 7.84. The molecule has 0 unspecified atom stereocenters. The van der Waals surface area contributed by atoms with Crippen LogP contribution in [0.15, 0.2) is 28.7 Å². The third-order valence-corrected chi connectivity index (χ3v) is 4.20. The molecule has 0 radical (unpaired) electrons. The Morgan fingerprint density at radius 1 is 0.850 bits per heavy atom. The molecular formula is C18H27BrO. The summed E-state index contributed by atoms with van der Waals surface area (Å²) in [6.07, 6.45) is 12.3. The van der Waals surface area contributed by atoms with E-state index in [2.05, 4.69) is 22.9 Å². The lowest BCUT2D eigenvalue weighted by molar-refractivity contribution is 0.0979. The zero-order chi connectivity index (χ0) is 14.6. The van der Waals surface area contributed by atoms with Crippen LogP contribution in [0.1, 0.15) is 81.5 Å². The van der Waals surface area contributed by atoms with Crippen molar-refractivity contribution in [1.82, 2.24) is 0 Å². The van der Waals surface area contributed by atoms with Crippen LogP contribution in [0.3, 0.4) is 0 Å². The summed E-state index contributed by atoms with van der Waals surface area (Å²) in [6, 6.07) is 7.67. The molecule has 0 N–H and O–H groups in total. The molecule has 0 aliphatic rings. The quantitative estimate of drug-likeness (QED) is 0.330. The van der Waals surface area contributed by atoms with Gasteiger partial charge in [-0.25, -0.2) is 0 Å². The van der Waals surface area contributed by atoms with Crippen LogP contribution in [0.4, 0.5) is 0 Å². The standard InChI is InChI=1S/C18H27BrO/c1-2-3-4-5-6-7-8-9-10-11-18(20)16-12-14-17(19)15-13-16/h12-15H,2-11H2,1H3. The predicted molar refractivity (Wildman–Crippen MR) is 90.3 cm³/mol. The maximum atomic E-state index is 11.9. The number of carbonyl (C=O) groups is 1. The molecule has 0 aliphatic carbocycles. The molecule has 0 heterocycles. The van der Waals surface area contributed by atoms with Gasteiger partial charge in [-0.1, -0.05) is 86.4 Å². The number of hydrogen-bond donors (Lipinski definition) is 0. The lowest BCUT2D eigenvalue weighted by Crippen LogP contribution is -1.98. The fraction of sp³-hybridized carbons (Fsp3) is 0.611. The average molecular weight is 339 g/mol. The first-order chi connectivity index (χ1) is 9.74. The number of halogens is 1. The van der Waals surface area contributed by atoms with Crippen molar-refractivity contribution in [3.8, 4) is 0 Å². The molecule has 1 rings (SSSR count). The van der Waals surface area contributed by atoms with Crippen molar-refractivity contribution in [1.29, 1.82) is 0 Å². The Hall–Kier alpha value is -0.630. The van der Waals surface area contributed by atoms with Gasteiger partial charge in [0.2, 0.25) is 0 Å². The van der Waals surface area contributed by atoms with E-state index in [0.717, 1.165) is 16.5 Å². The Balaban J connectivity index is 2.01. The van der Waals surface area contributed by atoms with Crippen LogP contribution in [0.5, 0.6) is 0 Å². The van der Waals surface area contributed by atoms with E-state index in [4.69, 9.17) is 0 Å². The summed E-state index contributed by atoms with van der Waals surface area (Å²) in [5, 5.41) is 0. The highest BCUT2D eigenvalue weighted by molar-refractivity contribution is 9.10. The van der Waals surface area contributed by atoms with Gasteiger partial charge in [-0.05, 0) is 18.6 Å². The topological polar surface area (TPSA) is 17.1 Å². The summed E-state index contributed by atoms with van der Waals surface area (Å²) in [5.74, 6) is 0.278. The Kier molecular flexibility index (Phi) is 9.65. The summed E-state index contributed by atoms with van der Waals surface area (Å²) in [6.45, 7) is 2.25. The molecule has 0 spiro atoms. The maximum absolute atomic E-state index is 11.9. The van der Waals surface area contributed by atoms with Gasteiger partial charge in [0, 0.05) is 16.5 Å². The van der Waals surface area contributed by atoms with Crippen LogP contribution in [0.25, 0.3) is 0 Å². The number of benzene rings is 1. The van der Waals surface area contributed by atoms with Gasteiger partial charge in [-0.15, -0.1) is 0 Å². The molecule has 1 aromatic rings. The number of rotatable bonds is 11. The SMILES string of the molecule is CCCCCCCCCCCC(=O)c1ccc(Br)cc1. The smallest absolute Gasteiger partial charge is 0.162 e. The molecule has 0 bridgehead atoms. The van der Waals surface area contributed by atoms with E-state index >= 15 is 0 Å². The van der Waals surface area contributed by atoms with E-state index in [0.29, 0.717) is 6.42 Å². The molecule has 112 valence electrons. The fourth-order valence-corrected chi connectivity index (χ4v) is 2.64. The second-order valence-corrected chi connectivity index (χ2v) is 6.42. The van der Waals surface area contributed by atoms with Crippen molar-refractivity contribution in [2.24, 2.45) is 0 Å². The highest BCUT2D eigenvalue weighted by Gasteiger charge is 2.04. The van der Waals surface area contributed by atoms with E-state index < -0.39 is 0 Å². The van der Waals surface area contributed by atoms with Gasteiger partial charge in [0.15, 0.2) is 5.78 Å². The zero-order valence-electron chi connectivity index (χ0n) is 12.7. The van der Waals surface area contributed by atoms with Gasteiger partial charge in [0.1, 0.15) is 0 Å². The van der Waals surface area contributed by atoms with Crippen molar-refractivity contribution in [3.05, 3.63) is 34.3 Å². The summed E-state index contributed by atoms with van der Waals surface area (Å²) in [4.78, 5) is 11.9. The largest absolute Gasteiger partial charge is 0.294 e. The normalized spacial score (nSPS) is 10.7. The van der Waals surface area contributed by atoms with E-state index in [1.165, 1.54) is 51.4 Å². The second-order valence-electron chi connectivity index (χ2n) is 5.51. The summed E-state index contributed by atoms with van der Waals surface area (Å²) in [5.41, 5.74) is 0.841. The van der Waals surface area contributed by atoms with Crippen LogP contribution in [0, 0.1) is 0 Å². The number of carbonyl (C=O) groups excluding carboxylic acids is 1. The minimum atomic E-state index is 0.278. The van der Waals surface area contributed by atoms with E-state index in [1.54, 1.807) is 0 Å². The molecule has 1 aromatic carbocycles. The van der Waals surface area contributed by atoms with Crippen molar-refractivity contribution in [2.75, 3.05) is 0 Å². The molecule has 0 saturated heterocycles. The molecule has 1 nitrogen and oxygen atoms in total. The number of hydrogen-bond acceptors (Lipinski definition) is 1. The lowest BCUT2D eigenvalue weighted by atomic mass is 10.0. The van der Waals surface area contributed by atoms with Crippen LogP contribution in [0.2, 0.25) is 0 Å². The molecular weight excluding hydrogens is 312 g/mol. The molecule has 0 atom stereocenters. The van der Waals surface area contributed by atoms with E-state index in [9.17, 15) is 4.79 Å². The third-order valence-electron chi connectivity index (χ3n) is 3.67. The van der Waals surface area contributed by atoms with Crippen molar-refractivity contribution in [2.45, 2.75) is 71.1 Å². The van der Waals surface area contributed by atoms with Crippen LogP contribution < -0.4 is 0 Å². The first-order valence-corrected chi connectivity index (χ1v) is 8.82. The number of ketones is 1. The van der Waals surface area contributed by atoms with Gasteiger partial charge >= 0.3 is 0 Å². The Labute approximate surface area is 132 Å². The molecule has 0 amide bonds. The molecule has 0 aliphatic heterocycles. The second kappa shape index (κ2) is 11.1. The molecule has 20 heavy (non-hydrogen) atoms. The Morgan fingerprint density at radius 2 is 1.35 bits per heavy atom. The zero-order valence-corrected chi connectivity index (χ0v) is 14.3. The van der Waals surface area contributed by atoms with Gasteiger partial charge < -0.3 is 0 Å². The van der Waals surface area contributed by atoms with Gasteiger partial charge in [-0.2, -0.15) is 0 Å². The fourth-order valence-electron chi connectivity index (χ4n) is 2.38. The molecule has 2 heteroatoms. The minimum Gasteiger partial charge on any atom is -0.294 e. The van der Waals surface area contributed by atoms with Crippen LogP contribution >= 0.6 is 15.9 Å². The van der Waals surface area contributed by atoms with Crippen LogP contribution in [-0.4, -0.2) is 5.78 Å². The summed E-state index contributed by atoms with van der Waals surface area (Å²) >= 11 is 3.39. The Bertz CT molecular complexity index is 370. The first-order valence-electron chi connectivity index (χ1n) is 8.03. The van der Waals surface area contributed by atoms with Gasteiger partial charge in [0.05, 0.1) is 0 Å². The monoisotopic (exact) mass is 338 g/mol. The molecule has 0 fully saturated rings. The lowest BCUT2D eigenvalue weighted by Gasteiger charge is -2.03. The van der Waals surface area contributed by atoms with Gasteiger partial charge in [-0.3, -0.25) is 4.79 Å². The summed E-state index contributed by atoms with van der Waals surface area (Å²) in [7, 11) is 0. The predicted octanol–water partition coefficient (Wildman–Crippen LogP) is 6.55. The van der Waals surface area contributed by atoms with Crippen LogP contribution in [-0.2, 0) is 0 Å². The highest BCUT2D eigenvalue weighted by Crippen LogP contribution is 2.14. The molecule has 0 aromatic heterocycles. The van der Waals surface area contributed by atoms with Crippen molar-refractivity contribution in [3.63, 3.8) is 0 Å². The average Bonchev–Trinajstić information content (AvgIpc) is 2.46. The highest BCUT2D eigenvalue weighted by atomic mass is 79.9. The van der Waals surface area contributed by atoms with E-state index in [-0.39, 0.29) is 5.78 Å².